The third-order valence-corrected chi connectivity index (χ3v) is 9.60. The Morgan fingerprint density at radius 1 is 0.327 bits per heavy atom. The van der Waals surface area contributed by atoms with E-state index in [9.17, 15) is 0 Å². The molecule has 49 heavy (non-hydrogen) atoms. The molecule has 0 N–H and O–H groups in total. The summed E-state index contributed by atoms with van der Waals surface area (Å²) in [5, 5.41) is 0. The standard InChI is InChI=1S/C42H82O7/c1-9-11-13-15-17-19-21-23-25-27-29-31-33-35-37(43-3)39(45-5)41(47-7)49-42(48-8)40(46-6)38(44-4)36-34-32-30-28-26-24-22-20-18-16-14-12-10-2/h41-42H,9-36H2,1-8H3. The second-order valence-corrected chi connectivity index (χ2v) is 13.6. The highest BCUT2D eigenvalue weighted by Crippen LogP contribution is 2.26. The SMILES string of the molecule is CCCCCCCCCCCCCCCC(OC)=C(OC)C(OC)OC(OC)C(OC)=C(CCCCCCCCCCCCCCC)OC. The van der Waals surface area contributed by atoms with Crippen molar-refractivity contribution in [3.8, 4) is 0 Å². The fourth-order valence-corrected chi connectivity index (χ4v) is 6.50. The Bertz CT molecular complexity index is 704. The molecule has 0 rings (SSSR count). The number of hydrogen-bond donors (Lipinski definition) is 0. The fourth-order valence-electron chi connectivity index (χ4n) is 6.50. The molecule has 7 nitrogen and oxygen atoms in total. The lowest BCUT2D eigenvalue weighted by Gasteiger charge is -2.27. The van der Waals surface area contributed by atoms with Gasteiger partial charge in [0.1, 0.15) is 11.5 Å². The molecule has 0 saturated heterocycles. The van der Waals surface area contributed by atoms with Crippen LogP contribution >= 0.6 is 0 Å². The average molecular weight is 699 g/mol. The van der Waals surface area contributed by atoms with Crippen LogP contribution in [0.1, 0.15) is 194 Å². The molecule has 0 aromatic rings. The van der Waals surface area contributed by atoms with Crippen LogP contribution in [0.5, 0.6) is 0 Å². The highest BCUT2D eigenvalue weighted by molar-refractivity contribution is 5.08. The minimum absolute atomic E-state index is 0.511. The first kappa shape index (κ1) is 47.6. The molecule has 2 atom stereocenters. The van der Waals surface area contributed by atoms with Gasteiger partial charge in [0.25, 0.3) is 0 Å². The van der Waals surface area contributed by atoms with Crippen molar-refractivity contribution in [3.05, 3.63) is 23.0 Å². The molecular weight excluding hydrogens is 616 g/mol. The zero-order chi connectivity index (χ0) is 36.2. The summed E-state index contributed by atoms with van der Waals surface area (Å²) < 4.78 is 40.9. The van der Waals surface area contributed by atoms with E-state index in [1.54, 1.807) is 42.7 Å². The third-order valence-electron chi connectivity index (χ3n) is 9.60. The van der Waals surface area contributed by atoms with Crippen LogP contribution in [0.25, 0.3) is 0 Å². The predicted octanol–water partition coefficient (Wildman–Crippen LogP) is 12.9. The van der Waals surface area contributed by atoms with Crippen LogP contribution in [0.3, 0.4) is 0 Å². The van der Waals surface area contributed by atoms with Gasteiger partial charge in [-0.2, -0.15) is 0 Å². The van der Waals surface area contributed by atoms with E-state index < -0.39 is 12.6 Å². The van der Waals surface area contributed by atoms with Gasteiger partial charge in [-0.15, -0.1) is 0 Å². The number of hydrogen-bond acceptors (Lipinski definition) is 7. The largest absolute Gasteiger partial charge is 0.497 e. The van der Waals surface area contributed by atoms with Gasteiger partial charge in [0, 0.05) is 27.1 Å². The van der Waals surface area contributed by atoms with E-state index >= 15 is 0 Å². The Labute approximate surface area is 304 Å². The number of rotatable bonds is 38. The molecule has 0 bridgehead atoms. The number of methoxy groups -OCH3 is 6. The monoisotopic (exact) mass is 699 g/mol. The summed E-state index contributed by atoms with van der Waals surface area (Å²) >= 11 is 0. The molecule has 2 unspecified atom stereocenters. The van der Waals surface area contributed by atoms with Gasteiger partial charge in [-0.05, 0) is 12.8 Å². The first-order valence-electron chi connectivity index (χ1n) is 20.4. The molecule has 0 saturated carbocycles. The van der Waals surface area contributed by atoms with Gasteiger partial charge < -0.3 is 33.2 Å². The van der Waals surface area contributed by atoms with E-state index in [1.165, 1.54) is 141 Å². The van der Waals surface area contributed by atoms with Crippen molar-refractivity contribution < 1.29 is 33.2 Å². The number of unbranched alkanes of at least 4 members (excludes halogenated alkanes) is 24. The fraction of sp³-hybridized carbons (Fsp3) is 0.905. The summed E-state index contributed by atoms with van der Waals surface area (Å²) in [5.41, 5.74) is 0. The highest BCUT2D eigenvalue weighted by Gasteiger charge is 2.29. The van der Waals surface area contributed by atoms with E-state index in [4.69, 9.17) is 33.2 Å². The Kier molecular flexibility index (Phi) is 35.3. The maximum absolute atomic E-state index is 6.29. The van der Waals surface area contributed by atoms with Crippen molar-refractivity contribution in [2.24, 2.45) is 0 Å². The highest BCUT2D eigenvalue weighted by atomic mass is 16.8. The summed E-state index contributed by atoms with van der Waals surface area (Å²) in [5.74, 6) is 2.48. The summed E-state index contributed by atoms with van der Waals surface area (Å²) in [6, 6.07) is 0. The van der Waals surface area contributed by atoms with Crippen molar-refractivity contribution >= 4 is 0 Å². The Balaban J connectivity index is 4.74. The van der Waals surface area contributed by atoms with E-state index in [0.717, 1.165) is 50.0 Å². The van der Waals surface area contributed by atoms with E-state index in [2.05, 4.69) is 13.8 Å². The van der Waals surface area contributed by atoms with E-state index in [1.807, 2.05) is 0 Å². The van der Waals surface area contributed by atoms with Gasteiger partial charge in [-0.3, -0.25) is 0 Å². The molecule has 0 radical (unpaired) electrons. The third kappa shape index (κ3) is 25.2. The first-order valence-corrected chi connectivity index (χ1v) is 20.4. The van der Waals surface area contributed by atoms with Crippen molar-refractivity contribution in [1.82, 2.24) is 0 Å². The predicted molar refractivity (Wildman–Crippen MR) is 205 cm³/mol. The average Bonchev–Trinajstić information content (AvgIpc) is 3.12. The smallest absolute Gasteiger partial charge is 0.222 e. The maximum atomic E-state index is 6.29. The van der Waals surface area contributed by atoms with Crippen LogP contribution in [-0.2, 0) is 33.2 Å². The molecule has 0 heterocycles. The number of ether oxygens (including phenoxy) is 7. The molecule has 0 spiro atoms. The molecule has 0 aromatic carbocycles. The van der Waals surface area contributed by atoms with Crippen molar-refractivity contribution in [2.45, 2.75) is 206 Å². The molecular formula is C42H82O7. The Hall–Kier alpha value is -1.44. The summed E-state index contributed by atoms with van der Waals surface area (Å²) in [4.78, 5) is 0. The molecule has 292 valence electrons. The zero-order valence-electron chi connectivity index (χ0n) is 33.8. The van der Waals surface area contributed by atoms with E-state index in [0.29, 0.717) is 11.5 Å². The van der Waals surface area contributed by atoms with Crippen LogP contribution in [0.2, 0.25) is 0 Å². The summed E-state index contributed by atoms with van der Waals surface area (Å²) in [6.45, 7) is 4.56. The van der Waals surface area contributed by atoms with Crippen LogP contribution in [0.4, 0.5) is 0 Å². The van der Waals surface area contributed by atoms with Crippen LogP contribution in [0, 0.1) is 0 Å². The molecule has 7 heteroatoms. The van der Waals surface area contributed by atoms with Gasteiger partial charge >= 0.3 is 0 Å². The molecule has 0 aliphatic carbocycles. The van der Waals surface area contributed by atoms with Crippen molar-refractivity contribution in [2.75, 3.05) is 42.7 Å². The summed E-state index contributed by atoms with van der Waals surface area (Å²) in [7, 11) is 9.79. The second kappa shape index (κ2) is 36.4. The minimum Gasteiger partial charge on any atom is -0.497 e. The van der Waals surface area contributed by atoms with Gasteiger partial charge in [-0.25, -0.2) is 0 Å². The lowest BCUT2D eigenvalue weighted by molar-refractivity contribution is -0.223. The van der Waals surface area contributed by atoms with Crippen molar-refractivity contribution in [3.63, 3.8) is 0 Å². The molecule has 0 aliphatic rings. The van der Waals surface area contributed by atoms with Gasteiger partial charge in [0.05, 0.1) is 28.4 Å². The van der Waals surface area contributed by atoms with Crippen LogP contribution < -0.4 is 0 Å². The lowest BCUT2D eigenvalue weighted by atomic mass is 10.0. The number of allylic oxidation sites excluding steroid dienone is 2. The molecule has 0 aliphatic heterocycles. The molecule has 0 fully saturated rings. The molecule has 0 aromatic heterocycles. The topological polar surface area (TPSA) is 64.6 Å². The van der Waals surface area contributed by atoms with Crippen LogP contribution in [-0.4, -0.2) is 55.2 Å². The normalized spacial score (nSPS) is 13.9. The van der Waals surface area contributed by atoms with Crippen molar-refractivity contribution in [1.29, 1.82) is 0 Å². The quantitative estimate of drug-likeness (QED) is 0.0361. The van der Waals surface area contributed by atoms with Crippen LogP contribution in [0.15, 0.2) is 23.0 Å². The second-order valence-electron chi connectivity index (χ2n) is 13.6. The van der Waals surface area contributed by atoms with Gasteiger partial charge in [-0.1, -0.05) is 168 Å². The van der Waals surface area contributed by atoms with Gasteiger partial charge in [0.15, 0.2) is 11.5 Å². The Morgan fingerprint density at radius 2 is 0.571 bits per heavy atom. The maximum Gasteiger partial charge on any atom is 0.222 e. The minimum atomic E-state index is -0.827. The Morgan fingerprint density at radius 3 is 0.776 bits per heavy atom. The van der Waals surface area contributed by atoms with E-state index in [-0.39, 0.29) is 0 Å². The lowest BCUT2D eigenvalue weighted by Crippen LogP contribution is -2.31. The molecule has 0 amide bonds. The summed E-state index contributed by atoms with van der Waals surface area (Å²) in [6.07, 6.45) is 34.1. The first-order chi connectivity index (χ1) is 24.1. The van der Waals surface area contributed by atoms with Gasteiger partial charge in [0.2, 0.25) is 12.6 Å². The zero-order valence-corrected chi connectivity index (χ0v) is 33.8.